The van der Waals surface area contributed by atoms with Crippen molar-refractivity contribution in [1.82, 2.24) is 4.90 Å². The maximum Gasteiger partial charge on any atom is 0.349 e. The van der Waals surface area contributed by atoms with Crippen LogP contribution in [0.1, 0.15) is 75.4 Å². The van der Waals surface area contributed by atoms with Crippen molar-refractivity contribution in [2.75, 3.05) is 27.7 Å². The summed E-state index contributed by atoms with van der Waals surface area (Å²) in [4.78, 5) is 49.5. The van der Waals surface area contributed by atoms with E-state index in [2.05, 4.69) is 31.1 Å². The zero-order valence-corrected chi connectivity index (χ0v) is 28.0. The monoisotopic (exact) mass is 663 g/mol. The number of ether oxygens (including phenoxy) is 3. The molecule has 1 saturated carbocycles. The van der Waals surface area contributed by atoms with Crippen molar-refractivity contribution in [3.63, 3.8) is 0 Å². The lowest BCUT2D eigenvalue weighted by molar-refractivity contribution is -0.166. The van der Waals surface area contributed by atoms with Crippen molar-refractivity contribution in [1.29, 1.82) is 0 Å². The molecular weight excluding hydrogens is 618 g/mol. The van der Waals surface area contributed by atoms with Crippen LogP contribution < -0.4 is 4.74 Å². The Balaban J connectivity index is 0.000000275. The third-order valence-corrected chi connectivity index (χ3v) is 8.24. The minimum atomic E-state index is -2.22. The highest BCUT2D eigenvalue weighted by molar-refractivity contribution is 5.95. The zero-order chi connectivity index (χ0) is 35.4. The first-order valence-corrected chi connectivity index (χ1v) is 15.8. The Morgan fingerprint density at radius 2 is 1.12 bits per heavy atom. The molecule has 48 heavy (non-hydrogen) atoms. The van der Waals surface area contributed by atoms with Gasteiger partial charge in [-0.1, -0.05) is 66.8 Å². The predicted molar refractivity (Wildman–Crippen MR) is 178 cm³/mol. The number of rotatable bonds is 12. The normalized spacial score (nSPS) is 15.6. The molecule has 3 aromatic carbocycles. The van der Waals surface area contributed by atoms with Crippen molar-refractivity contribution in [3.05, 3.63) is 101 Å². The number of hydrogen-bond acceptors (Lipinski definition) is 9. The van der Waals surface area contributed by atoms with Crippen LogP contribution in [-0.4, -0.2) is 89.7 Å². The molecule has 0 bridgehead atoms. The first kappa shape index (κ1) is 37.7. The van der Waals surface area contributed by atoms with Crippen molar-refractivity contribution < 1.29 is 48.7 Å². The molecule has 11 nitrogen and oxygen atoms in total. The van der Waals surface area contributed by atoms with E-state index in [1.807, 2.05) is 12.1 Å². The van der Waals surface area contributed by atoms with E-state index in [1.54, 1.807) is 45.2 Å². The summed E-state index contributed by atoms with van der Waals surface area (Å²) < 4.78 is 14.9. The van der Waals surface area contributed by atoms with E-state index in [-0.39, 0.29) is 17.0 Å². The Hall–Kier alpha value is -4.74. The molecule has 4 rings (SSSR count). The molecule has 0 aromatic heterocycles. The minimum absolute atomic E-state index is 0.0332. The Morgan fingerprint density at radius 3 is 1.48 bits per heavy atom. The number of carboxylic acid groups (broad SMARTS) is 2. The van der Waals surface area contributed by atoms with Crippen LogP contribution in [0, 0.1) is 13.8 Å². The van der Waals surface area contributed by atoms with E-state index < -0.39 is 41.7 Å². The molecule has 0 saturated heterocycles. The quantitative estimate of drug-likeness (QED) is 0.217. The fourth-order valence-electron chi connectivity index (χ4n) is 5.53. The number of hydrogen-bond donors (Lipinski definition) is 3. The second-order valence-electron chi connectivity index (χ2n) is 12.3. The van der Waals surface area contributed by atoms with Gasteiger partial charge >= 0.3 is 23.9 Å². The van der Waals surface area contributed by atoms with E-state index in [4.69, 9.17) is 14.2 Å². The van der Waals surface area contributed by atoms with Crippen LogP contribution >= 0.6 is 0 Å². The smallest absolute Gasteiger partial charge is 0.349 e. The number of carbonyl (C=O) groups is 4. The van der Waals surface area contributed by atoms with Gasteiger partial charge in [0.25, 0.3) is 0 Å². The number of methoxy groups -OCH3 is 1. The maximum atomic E-state index is 12.2. The summed E-state index contributed by atoms with van der Waals surface area (Å²) in [5.41, 5.74) is 2.45. The molecule has 3 aromatic rings. The third kappa shape index (κ3) is 10.6. The van der Waals surface area contributed by atoms with Gasteiger partial charge in [-0.3, -0.25) is 0 Å². The highest BCUT2D eigenvalue weighted by Gasteiger charge is 2.41. The van der Waals surface area contributed by atoms with Gasteiger partial charge in [-0.25, -0.2) is 19.2 Å². The fourth-order valence-corrected chi connectivity index (χ4v) is 5.53. The summed E-state index contributed by atoms with van der Waals surface area (Å²) in [6, 6.07) is 20.2. The standard InChI is InChI=1S/C20H18O8.C17H27NO2/c1-11-3-7-13(8-4-11)19(25)27-15(17(21)22)16(18(23)24)28-20(26)14-9-5-12(2)6-10-14;1-18(2)13-16(17(19)11-5-4-6-12-17)14-7-9-15(20-3)10-8-14/h3-10,15-16H,1-2H3,(H,21,22)(H,23,24);7-10,16,19H,4-6,11-13H2,1-3H3. The second kappa shape index (κ2) is 17.4. The van der Waals surface area contributed by atoms with Gasteiger partial charge < -0.3 is 34.4 Å². The average Bonchev–Trinajstić information content (AvgIpc) is 3.06. The van der Waals surface area contributed by atoms with E-state index in [1.165, 1.54) is 36.2 Å². The number of likely N-dealkylation sites (N-methyl/N-ethyl adjacent to an activating group) is 1. The van der Waals surface area contributed by atoms with Crippen LogP contribution in [0.5, 0.6) is 5.75 Å². The predicted octanol–water partition coefficient (Wildman–Crippen LogP) is 5.26. The van der Waals surface area contributed by atoms with Crippen LogP contribution in [0.25, 0.3) is 0 Å². The number of aliphatic hydroxyl groups is 1. The molecular formula is C37H45NO10. The number of nitrogens with zero attached hydrogens (tertiary/aromatic N) is 1. The zero-order valence-electron chi connectivity index (χ0n) is 28.0. The molecule has 1 aliphatic rings. The van der Waals surface area contributed by atoms with Crippen LogP contribution in [0.4, 0.5) is 0 Å². The van der Waals surface area contributed by atoms with Gasteiger partial charge in [-0.05, 0) is 82.7 Å². The SMILES string of the molecule is COc1ccc(C(CN(C)C)C2(O)CCCCC2)cc1.Cc1ccc(C(=O)OC(C(=O)O)C(OC(=O)c2ccc(C)cc2)C(=O)O)cc1. The Kier molecular flexibility index (Phi) is 13.7. The molecule has 0 spiro atoms. The van der Waals surface area contributed by atoms with Crippen molar-refractivity contribution >= 4 is 23.9 Å². The first-order valence-electron chi connectivity index (χ1n) is 15.8. The number of esters is 2. The number of carbonyl (C=O) groups excluding carboxylic acids is 2. The van der Waals surface area contributed by atoms with Gasteiger partial charge in [0.2, 0.25) is 12.2 Å². The van der Waals surface area contributed by atoms with Gasteiger partial charge in [-0.15, -0.1) is 0 Å². The third-order valence-electron chi connectivity index (χ3n) is 8.24. The number of aliphatic carboxylic acids is 2. The largest absolute Gasteiger partial charge is 0.497 e. The van der Waals surface area contributed by atoms with E-state index in [0.29, 0.717) is 0 Å². The summed E-state index contributed by atoms with van der Waals surface area (Å²) >= 11 is 0. The Labute approximate surface area is 281 Å². The summed E-state index contributed by atoms with van der Waals surface area (Å²) in [6.07, 6.45) is 0.906. The van der Waals surface area contributed by atoms with Crippen LogP contribution in [0.2, 0.25) is 0 Å². The van der Waals surface area contributed by atoms with E-state index in [9.17, 15) is 34.5 Å². The minimum Gasteiger partial charge on any atom is -0.497 e. The van der Waals surface area contributed by atoms with Gasteiger partial charge in [-0.2, -0.15) is 0 Å². The lowest BCUT2D eigenvalue weighted by Gasteiger charge is -2.40. The topological polar surface area (TPSA) is 160 Å². The van der Waals surface area contributed by atoms with Gasteiger partial charge in [0.1, 0.15) is 5.75 Å². The lowest BCUT2D eigenvalue weighted by atomic mass is 9.72. The molecule has 0 aliphatic heterocycles. The molecule has 11 heteroatoms. The maximum absolute atomic E-state index is 12.2. The molecule has 1 fully saturated rings. The van der Waals surface area contributed by atoms with E-state index >= 15 is 0 Å². The molecule has 258 valence electrons. The number of carboxylic acids is 2. The first-order chi connectivity index (χ1) is 22.7. The fraction of sp³-hybridized carbons (Fsp3) is 0.405. The lowest BCUT2D eigenvalue weighted by Crippen LogP contribution is -2.45. The van der Waals surface area contributed by atoms with Crippen LogP contribution in [-0.2, 0) is 19.1 Å². The number of aryl methyl sites for hydroxylation is 2. The summed E-state index contributed by atoms with van der Waals surface area (Å²) in [6.45, 7) is 4.46. The van der Waals surface area contributed by atoms with Crippen molar-refractivity contribution in [3.8, 4) is 5.75 Å². The average molecular weight is 664 g/mol. The molecule has 0 radical (unpaired) electrons. The van der Waals surface area contributed by atoms with Gasteiger partial charge in [0.15, 0.2) is 0 Å². The van der Waals surface area contributed by atoms with Crippen LogP contribution in [0.15, 0.2) is 72.8 Å². The number of benzene rings is 3. The van der Waals surface area contributed by atoms with Crippen molar-refractivity contribution in [2.45, 2.75) is 69.7 Å². The van der Waals surface area contributed by atoms with Crippen molar-refractivity contribution in [2.24, 2.45) is 0 Å². The molecule has 3 unspecified atom stereocenters. The summed E-state index contributed by atoms with van der Waals surface area (Å²) in [5.74, 6) is -4.58. The second-order valence-corrected chi connectivity index (χ2v) is 12.3. The Bertz CT molecular complexity index is 1440. The summed E-state index contributed by atoms with van der Waals surface area (Å²) in [7, 11) is 5.83. The molecule has 3 atom stereocenters. The summed E-state index contributed by atoms with van der Waals surface area (Å²) in [5, 5.41) is 29.7. The van der Waals surface area contributed by atoms with Gasteiger partial charge in [0.05, 0.1) is 23.8 Å². The molecule has 0 heterocycles. The Morgan fingerprint density at radius 1 is 0.708 bits per heavy atom. The van der Waals surface area contributed by atoms with Crippen LogP contribution in [0.3, 0.4) is 0 Å². The van der Waals surface area contributed by atoms with Gasteiger partial charge in [0, 0.05) is 12.5 Å². The highest BCUT2D eigenvalue weighted by atomic mass is 16.6. The molecule has 1 aliphatic carbocycles. The highest BCUT2D eigenvalue weighted by Crippen LogP contribution is 2.40. The molecule has 0 amide bonds. The van der Waals surface area contributed by atoms with E-state index in [0.717, 1.165) is 49.1 Å². The molecule has 3 N–H and O–H groups in total.